The van der Waals surface area contributed by atoms with Gasteiger partial charge in [0.15, 0.2) is 0 Å². The van der Waals surface area contributed by atoms with Gasteiger partial charge in [0.2, 0.25) is 10.0 Å². The third-order valence-electron chi connectivity index (χ3n) is 3.01. The zero-order chi connectivity index (χ0) is 13.2. The van der Waals surface area contributed by atoms with Gasteiger partial charge in [-0.3, -0.25) is 0 Å². The highest BCUT2D eigenvalue weighted by Crippen LogP contribution is 2.25. The van der Waals surface area contributed by atoms with Crippen LogP contribution in [0.4, 0.5) is 0 Å². The molecule has 1 fully saturated rings. The molecule has 1 aliphatic rings. The molecule has 1 aromatic rings. The van der Waals surface area contributed by atoms with Gasteiger partial charge in [-0.2, -0.15) is 16.1 Å². The molecule has 1 saturated heterocycles. The summed E-state index contributed by atoms with van der Waals surface area (Å²) in [6.45, 7) is 3.46. The molecule has 0 aromatic heterocycles. The molecule has 18 heavy (non-hydrogen) atoms. The van der Waals surface area contributed by atoms with E-state index in [1.54, 1.807) is 22.5 Å². The number of nitrogens with two attached hydrogens (primary N) is 1. The molecule has 0 spiro atoms. The molecule has 6 heteroatoms. The van der Waals surface area contributed by atoms with Crippen molar-refractivity contribution in [2.24, 2.45) is 5.73 Å². The van der Waals surface area contributed by atoms with Gasteiger partial charge in [0.25, 0.3) is 0 Å². The second-order valence-electron chi connectivity index (χ2n) is 4.36. The van der Waals surface area contributed by atoms with E-state index in [1.807, 2.05) is 17.8 Å². The van der Waals surface area contributed by atoms with Crippen LogP contribution in [0, 0.1) is 0 Å². The highest BCUT2D eigenvalue weighted by molar-refractivity contribution is 8.00. The monoisotopic (exact) mass is 286 g/mol. The SMILES string of the molecule is CC1CN(S(=O)(=O)c2ccccc2CN)CCS1. The molecule has 4 nitrogen and oxygen atoms in total. The molecule has 2 N–H and O–H groups in total. The predicted octanol–water partition coefficient (Wildman–Crippen LogP) is 1.27. The Kier molecular flexibility index (Phi) is 4.32. The van der Waals surface area contributed by atoms with Gasteiger partial charge in [-0.1, -0.05) is 25.1 Å². The van der Waals surface area contributed by atoms with E-state index < -0.39 is 10.0 Å². The van der Waals surface area contributed by atoms with E-state index in [9.17, 15) is 8.42 Å². The standard InChI is InChI=1S/C12H18N2O2S2/c1-10-9-14(6-7-17-10)18(15,16)12-5-3-2-4-11(12)8-13/h2-5,10H,6-9,13H2,1H3. The zero-order valence-electron chi connectivity index (χ0n) is 10.4. The van der Waals surface area contributed by atoms with Crippen LogP contribution < -0.4 is 5.73 Å². The lowest BCUT2D eigenvalue weighted by Gasteiger charge is -2.30. The third-order valence-corrected chi connectivity index (χ3v) is 6.12. The van der Waals surface area contributed by atoms with E-state index in [0.29, 0.717) is 28.8 Å². The topological polar surface area (TPSA) is 63.4 Å². The summed E-state index contributed by atoms with van der Waals surface area (Å²) in [5.41, 5.74) is 6.30. The summed E-state index contributed by atoms with van der Waals surface area (Å²) in [6, 6.07) is 6.98. The lowest BCUT2D eigenvalue weighted by atomic mass is 10.2. The second kappa shape index (κ2) is 5.61. The van der Waals surface area contributed by atoms with Crippen LogP contribution in [0.15, 0.2) is 29.2 Å². The van der Waals surface area contributed by atoms with Crippen molar-refractivity contribution in [3.8, 4) is 0 Å². The molecule has 1 aromatic carbocycles. The van der Waals surface area contributed by atoms with Gasteiger partial charge < -0.3 is 5.73 Å². The lowest BCUT2D eigenvalue weighted by molar-refractivity contribution is 0.423. The van der Waals surface area contributed by atoms with Gasteiger partial charge in [0.1, 0.15) is 0 Å². The van der Waals surface area contributed by atoms with Crippen molar-refractivity contribution in [3.05, 3.63) is 29.8 Å². The molecular formula is C12H18N2O2S2. The second-order valence-corrected chi connectivity index (χ2v) is 7.81. The van der Waals surface area contributed by atoms with E-state index in [-0.39, 0.29) is 6.54 Å². The summed E-state index contributed by atoms with van der Waals surface area (Å²) < 4.78 is 26.7. The Labute approximate surface area is 113 Å². The van der Waals surface area contributed by atoms with Gasteiger partial charge in [0, 0.05) is 30.6 Å². The molecule has 1 atom stereocenters. The summed E-state index contributed by atoms with van der Waals surface area (Å²) in [6.07, 6.45) is 0. The summed E-state index contributed by atoms with van der Waals surface area (Å²) in [5, 5.41) is 0.346. The molecule has 0 saturated carbocycles. The number of hydrogen-bond donors (Lipinski definition) is 1. The van der Waals surface area contributed by atoms with Crippen molar-refractivity contribution in [2.75, 3.05) is 18.8 Å². The van der Waals surface area contributed by atoms with Crippen molar-refractivity contribution in [3.63, 3.8) is 0 Å². The van der Waals surface area contributed by atoms with Crippen molar-refractivity contribution in [1.82, 2.24) is 4.31 Å². The van der Waals surface area contributed by atoms with Crippen LogP contribution in [-0.4, -0.2) is 36.8 Å². The Morgan fingerprint density at radius 2 is 2.17 bits per heavy atom. The minimum atomic E-state index is -3.40. The maximum absolute atomic E-state index is 12.6. The Morgan fingerprint density at radius 1 is 1.44 bits per heavy atom. The quantitative estimate of drug-likeness (QED) is 0.909. The Bertz CT molecular complexity index is 517. The summed E-state index contributed by atoms with van der Waals surface area (Å²) in [5.74, 6) is 0.852. The fraction of sp³-hybridized carbons (Fsp3) is 0.500. The smallest absolute Gasteiger partial charge is 0.243 e. The van der Waals surface area contributed by atoms with E-state index in [0.717, 1.165) is 5.75 Å². The molecule has 0 radical (unpaired) electrons. The van der Waals surface area contributed by atoms with Crippen molar-refractivity contribution in [1.29, 1.82) is 0 Å². The van der Waals surface area contributed by atoms with Gasteiger partial charge in [-0.25, -0.2) is 8.42 Å². The Morgan fingerprint density at radius 3 is 2.83 bits per heavy atom. The first-order chi connectivity index (χ1) is 8.55. The van der Waals surface area contributed by atoms with Crippen LogP contribution >= 0.6 is 11.8 Å². The normalized spacial score (nSPS) is 22.0. The van der Waals surface area contributed by atoms with Crippen LogP contribution in [0.2, 0.25) is 0 Å². The number of nitrogens with zero attached hydrogens (tertiary/aromatic N) is 1. The summed E-state index contributed by atoms with van der Waals surface area (Å²) in [4.78, 5) is 0.353. The van der Waals surface area contributed by atoms with Gasteiger partial charge in [0.05, 0.1) is 4.90 Å². The van der Waals surface area contributed by atoms with Gasteiger partial charge in [-0.05, 0) is 11.6 Å². The first-order valence-electron chi connectivity index (χ1n) is 5.95. The van der Waals surface area contributed by atoms with E-state index in [1.165, 1.54) is 0 Å². The number of benzene rings is 1. The van der Waals surface area contributed by atoms with E-state index in [2.05, 4.69) is 6.92 Å². The van der Waals surface area contributed by atoms with E-state index >= 15 is 0 Å². The van der Waals surface area contributed by atoms with Crippen LogP contribution in [-0.2, 0) is 16.6 Å². The number of hydrogen-bond acceptors (Lipinski definition) is 4. The summed E-state index contributed by atoms with van der Waals surface area (Å²) >= 11 is 1.81. The van der Waals surface area contributed by atoms with Crippen molar-refractivity contribution < 1.29 is 8.42 Å². The van der Waals surface area contributed by atoms with Crippen LogP contribution in [0.1, 0.15) is 12.5 Å². The lowest BCUT2D eigenvalue weighted by Crippen LogP contribution is -2.41. The maximum Gasteiger partial charge on any atom is 0.243 e. The number of thioether (sulfide) groups is 1. The molecule has 0 amide bonds. The highest BCUT2D eigenvalue weighted by Gasteiger charge is 2.30. The summed E-state index contributed by atoms with van der Waals surface area (Å²) in [7, 11) is -3.40. The number of sulfonamides is 1. The average Bonchev–Trinajstić information content (AvgIpc) is 2.38. The fourth-order valence-corrected chi connectivity index (χ4v) is 5.05. The highest BCUT2D eigenvalue weighted by atomic mass is 32.2. The molecule has 1 aliphatic heterocycles. The molecule has 0 aliphatic carbocycles. The van der Waals surface area contributed by atoms with Crippen LogP contribution in [0.25, 0.3) is 0 Å². The molecule has 2 rings (SSSR count). The van der Waals surface area contributed by atoms with Crippen molar-refractivity contribution in [2.45, 2.75) is 23.6 Å². The Balaban J connectivity index is 2.35. The largest absolute Gasteiger partial charge is 0.326 e. The van der Waals surface area contributed by atoms with Crippen LogP contribution in [0.5, 0.6) is 0 Å². The first kappa shape index (κ1) is 13.9. The molecule has 1 unspecified atom stereocenters. The minimum Gasteiger partial charge on any atom is -0.326 e. The molecular weight excluding hydrogens is 268 g/mol. The van der Waals surface area contributed by atoms with Crippen molar-refractivity contribution >= 4 is 21.8 Å². The molecule has 0 bridgehead atoms. The fourth-order valence-electron chi connectivity index (χ4n) is 2.07. The molecule has 100 valence electrons. The Hall–Kier alpha value is -0.560. The van der Waals surface area contributed by atoms with E-state index in [4.69, 9.17) is 5.73 Å². The third kappa shape index (κ3) is 2.71. The van der Waals surface area contributed by atoms with Gasteiger partial charge >= 0.3 is 0 Å². The number of rotatable bonds is 3. The first-order valence-corrected chi connectivity index (χ1v) is 8.44. The van der Waals surface area contributed by atoms with Gasteiger partial charge in [-0.15, -0.1) is 0 Å². The minimum absolute atomic E-state index is 0.244. The predicted molar refractivity (Wildman–Crippen MR) is 75.0 cm³/mol. The van der Waals surface area contributed by atoms with Crippen LogP contribution in [0.3, 0.4) is 0 Å². The average molecular weight is 286 g/mol. The molecule has 1 heterocycles. The zero-order valence-corrected chi connectivity index (χ0v) is 12.0. The maximum atomic E-state index is 12.6.